The fraction of sp³-hybridized carbons (Fsp3) is 0.312. The van der Waals surface area contributed by atoms with E-state index in [4.69, 9.17) is 21.6 Å². The van der Waals surface area contributed by atoms with Crippen molar-refractivity contribution in [3.8, 4) is 5.88 Å². The third-order valence-electron chi connectivity index (χ3n) is 3.43. The van der Waals surface area contributed by atoms with Gasteiger partial charge in [-0.15, -0.1) is 0 Å². The molecule has 0 saturated heterocycles. The predicted octanol–water partition coefficient (Wildman–Crippen LogP) is 4.33. The van der Waals surface area contributed by atoms with Crippen LogP contribution in [-0.2, 0) is 6.42 Å². The molecule has 0 unspecified atom stereocenters. The van der Waals surface area contributed by atoms with Gasteiger partial charge >= 0.3 is 0 Å². The van der Waals surface area contributed by atoms with E-state index in [9.17, 15) is 0 Å². The normalized spacial score (nSPS) is 11.4. The van der Waals surface area contributed by atoms with Crippen molar-refractivity contribution < 1.29 is 4.42 Å². The zero-order chi connectivity index (χ0) is 14.8. The van der Waals surface area contributed by atoms with Crippen LogP contribution in [0.5, 0.6) is 0 Å². The van der Waals surface area contributed by atoms with Crippen LogP contribution in [0.15, 0.2) is 41.3 Å². The molecule has 4 nitrogen and oxygen atoms in total. The summed E-state index contributed by atoms with van der Waals surface area (Å²) in [6.07, 6.45) is 4.99. The van der Waals surface area contributed by atoms with E-state index in [1.54, 1.807) is 6.20 Å². The van der Waals surface area contributed by atoms with E-state index in [-0.39, 0.29) is 0 Å². The van der Waals surface area contributed by atoms with E-state index < -0.39 is 0 Å². The molecule has 0 bridgehead atoms. The van der Waals surface area contributed by atoms with E-state index in [1.165, 1.54) is 6.39 Å². The number of benzene rings is 1. The maximum absolute atomic E-state index is 5.64. The zero-order valence-electron chi connectivity index (χ0n) is 12.1. The summed E-state index contributed by atoms with van der Waals surface area (Å²) >= 11 is 5.64. The molecule has 5 heteroatoms. The maximum atomic E-state index is 5.64. The Balaban J connectivity index is 2.23. The first-order valence-electron chi connectivity index (χ1n) is 7.06. The molecule has 0 aliphatic heterocycles. The zero-order valence-corrected chi connectivity index (χ0v) is 12.9. The molecule has 0 saturated carbocycles. The number of oxazole rings is 1. The fourth-order valence-corrected chi connectivity index (χ4v) is 2.68. The highest BCUT2D eigenvalue weighted by molar-refractivity contribution is 7.71. The minimum Gasteiger partial charge on any atom is -0.427 e. The second-order valence-corrected chi connectivity index (χ2v) is 5.84. The lowest BCUT2D eigenvalue weighted by Gasteiger charge is -2.13. The SMILES string of the molecule is CC(C)CCc1nc2ccccc2c(=S)n1-c1cnco1. The van der Waals surface area contributed by atoms with Gasteiger partial charge in [0.1, 0.15) is 10.5 Å². The first kappa shape index (κ1) is 13.9. The number of hydrogen-bond acceptors (Lipinski definition) is 4. The van der Waals surface area contributed by atoms with Gasteiger partial charge in [0.25, 0.3) is 0 Å². The van der Waals surface area contributed by atoms with E-state index in [0.717, 1.165) is 34.2 Å². The van der Waals surface area contributed by atoms with Gasteiger partial charge in [-0.2, -0.15) is 0 Å². The number of hydrogen-bond donors (Lipinski definition) is 0. The quantitative estimate of drug-likeness (QED) is 0.672. The van der Waals surface area contributed by atoms with Crippen molar-refractivity contribution in [2.75, 3.05) is 0 Å². The molecule has 0 aliphatic rings. The van der Waals surface area contributed by atoms with Crippen LogP contribution < -0.4 is 0 Å². The molecule has 0 amide bonds. The van der Waals surface area contributed by atoms with Crippen LogP contribution in [0.25, 0.3) is 16.8 Å². The molecule has 0 spiro atoms. The van der Waals surface area contributed by atoms with Crippen LogP contribution in [-0.4, -0.2) is 14.5 Å². The van der Waals surface area contributed by atoms with Gasteiger partial charge in [0.2, 0.25) is 5.88 Å². The lowest BCUT2D eigenvalue weighted by atomic mass is 10.1. The number of para-hydroxylation sites is 1. The van der Waals surface area contributed by atoms with Crippen molar-refractivity contribution in [1.82, 2.24) is 14.5 Å². The summed E-state index contributed by atoms with van der Waals surface area (Å²) in [5.41, 5.74) is 0.928. The predicted molar refractivity (Wildman–Crippen MR) is 85.1 cm³/mol. The molecule has 0 N–H and O–H groups in total. The summed E-state index contributed by atoms with van der Waals surface area (Å²) in [4.78, 5) is 8.77. The molecule has 0 aliphatic carbocycles. The molecule has 1 aromatic carbocycles. The Hall–Kier alpha value is -2.01. The highest BCUT2D eigenvalue weighted by Crippen LogP contribution is 2.21. The van der Waals surface area contributed by atoms with Crippen molar-refractivity contribution in [1.29, 1.82) is 0 Å². The van der Waals surface area contributed by atoms with Gasteiger partial charge in [-0.1, -0.05) is 38.2 Å². The molecule has 3 aromatic rings. The monoisotopic (exact) mass is 299 g/mol. The molecular weight excluding hydrogens is 282 g/mol. The third kappa shape index (κ3) is 2.74. The fourth-order valence-electron chi connectivity index (χ4n) is 2.31. The van der Waals surface area contributed by atoms with Crippen LogP contribution in [0, 0.1) is 10.6 Å². The summed E-state index contributed by atoms with van der Waals surface area (Å²) in [6.45, 7) is 4.41. The average molecular weight is 299 g/mol. The second-order valence-electron chi connectivity index (χ2n) is 5.46. The van der Waals surface area contributed by atoms with Gasteiger partial charge in [0.15, 0.2) is 6.39 Å². The van der Waals surface area contributed by atoms with Gasteiger partial charge in [0.05, 0.1) is 11.7 Å². The minimum absolute atomic E-state index is 0.606. The summed E-state index contributed by atoms with van der Waals surface area (Å²) in [7, 11) is 0. The largest absolute Gasteiger partial charge is 0.427 e. The first-order chi connectivity index (χ1) is 10.2. The summed E-state index contributed by atoms with van der Waals surface area (Å²) < 4.78 is 8.06. The topological polar surface area (TPSA) is 43.9 Å². The van der Waals surface area contributed by atoms with E-state index in [2.05, 4.69) is 18.8 Å². The summed E-state index contributed by atoms with van der Waals surface area (Å²) in [6, 6.07) is 7.94. The van der Waals surface area contributed by atoms with E-state index in [1.807, 2.05) is 28.8 Å². The number of aryl methyl sites for hydroxylation is 1. The Morgan fingerprint density at radius 2 is 2.10 bits per heavy atom. The Labute approximate surface area is 128 Å². The van der Waals surface area contributed by atoms with Crippen LogP contribution in [0.4, 0.5) is 0 Å². The van der Waals surface area contributed by atoms with Crippen LogP contribution in [0.1, 0.15) is 26.1 Å². The number of fused-ring (bicyclic) bond motifs is 1. The Bertz CT molecular complexity index is 806. The van der Waals surface area contributed by atoms with Gasteiger partial charge in [0, 0.05) is 11.8 Å². The van der Waals surface area contributed by atoms with Gasteiger partial charge in [-0.25, -0.2) is 9.97 Å². The Morgan fingerprint density at radius 1 is 1.29 bits per heavy atom. The van der Waals surface area contributed by atoms with Crippen molar-refractivity contribution in [3.63, 3.8) is 0 Å². The average Bonchev–Trinajstić information content (AvgIpc) is 2.99. The molecule has 2 heterocycles. The van der Waals surface area contributed by atoms with E-state index in [0.29, 0.717) is 11.8 Å². The smallest absolute Gasteiger partial charge is 0.226 e. The van der Waals surface area contributed by atoms with Crippen LogP contribution in [0.3, 0.4) is 0 Å². The molecule has 21 heavy (non-hydrogen) atoms. The van der Waals surface area contributed by atoms with Gasteiger partial charge < -0.3 is 4.42 Å². The minimum atomic E-state index is 0.606. The van der Waals surface area contributed by atoms with Gasteiger partial charge in [-0.05, 0) is 24.5 Å². The van der Waals surface area contributed by atoms with Crippen LogP contribution in [0.2, 0.25) is 0 Å². The van der Waals surface area contributed by atoms with Crippen molar-refractivity contribution in [2.24, 2.45) is 5.92 Å². The third-order valence-corrected chi connectivity index (χ3v) is 3.83. The van der Waals surface area contributed by atoms with Gasteiger partial charge in [-0.3, -0.25) is 4.57 Å². The summed E-state index contributed by atoms with van der Waals surface area (Å²) in [5.74, 6) is 2.15. The highest BCUT2D eigenvalue weighted by atomic mass is 32.1. The maximum Gasteiger partial charge on any atom is 0.226 e. The van der Waals surface area contributed by atoms with Crippen molar-refractivity contribution in [3.05, 3.63) is 47.3 Å². The number of rotatable bonds is 4. The highest BCUT2D eigenvalue weighted by Gasteiger charge is 2.12. The molecule has 2 aromatic heterocycles. The Kier molecular flexibility index (Phi) is 3.84. The van der Waals surface area contributed by atoms with Crippen LogP contribution >= 0.6 is 12.2 Å². The molecule has 0 radical (unpaired) electrons. The lowest BCUT2D eigenvalue weighted by Crippen LogP contribution is -2.09. The molecular formula is C16H17N3OS. The molecule has 0 atom stereocenters. The number of nitrogens with zero attached hydrogens (tertiary/aromatic N) is 3. The van der Waals surface area contributed by atoms with E-state index >= 15 is 0 Å². The standard InChI is InChI=1S/C16H17N3OS/c1-11(2)7-8-14-18-13-6-4-3-5-12(13)16(21)19(14)15-9-17-10-20-15/h3-6,9-11H,7-8H2,1-2H3. The summed E-state index contributed by atoms with van der Waals surface area (Å²) in [5, 5.41) is 0.956. The van der Waals surface area contributed by atoms with Crippen molar-refractivity contribution in [2.45, 2.75) is 26.7 Å². The second kappa shape index (κ2) is 5.77. The molecule has 0 fully saturated rings. The lowest BCUT2D eigenvalue weighted by molar-refractivity contribution is 0.511. The molecule has 3 rings (SSSR count). The molecule has 108 valence electrons. The Morgan fingerprint density at radius 3 is 2.81 bits per heavy atom. The first-order valence-corrected chi connectivity index (χ1v) is 7.47. The van der Waals surface area contributed by atoms with Crippen molar-refractivity contribution >= 4 is 23.1 Å². The number of aromatic nitrogens is 3.